The summed E-state index contributed by atoms with van der Waals surface area (Å²) < 4.78 is 1.70. The highest BCUT2D eigenvalue weighted by Gasteiger charge is 2.22. The lowest BCUT2D eigenvalue weighted by Gasteiger charge is -1.95. The lowest BCUT2D eigenvalue weighted by Crippen LogP contribution is -2.38. The van der Waals surface area contributed by atoms with Crippen LogP contribution in [0, 0.1) is 0 Å². The zero-order valence-electron chi connectivity index (χ0n) is 9.37. The molecule has 1 atom stereocenters. The summed E-state index contributed by atoms with van der Waals surface area (Å²) in [6.07, 6.45) is 0. The van der Waals surface area contributed by atoms with Gasteiger partial charge in [-0.15, -0.1) is 4.40 Å². The lowest BCUT2D eigenvalue weighted by atomic mass is 10.2. The molecule has 0 saturated heterocycles. The quantitative estimate of drug-likeness (QED) is 0.489. The van der Waals surface area contributed by atoms with Gasteiger partial charge in [-0.1, -0.05) is 12.1 Å². The van der Waals surface area contributed by atoms with E-state index in [9.17, 15) is 9.69 Å². The van der Waals surface area contributed by atoms with Gasteiger partial charge in [0, 0.05) is 13.8 Å². The number of benzene rings is 1. The Morgan fingerprint density at radius 1 is 1.00 bits per heavy atom. The topological polar surface area (TPSA) is 41.4 Å². The molecule has 4 rings (SSSR count). The van der Waals surface area contributed by atoms with Crippen molar-refractivity contribution < 1.29 is 9.29 Å². The van der Waals surface area contributed by atoms with Crippen LogP contribution in [0.15, 0.2) is 53.1 Å². The van der Waals surface area contributed by atoms with Gasteiger partial charge in [0.2, 0.25) is 11.0 Å². The van der Waals surface area contributed by atoms with Crippen LogP contribution in [0.25, 0.3) is 26.9 Å². The zero-order valence-corrected chi connectivity index (χ0v) is 10.3. The molecular weight excluding hydrogens is 245 g/mol. The van der Waals surface area contributed by atoms with E-state index in [1.807, 2.05) is 36.1 Å². The standard InChI is InChI=1S/C14H9NO2P/c16-13-6-5-12-14-10(7-8-18(12)17)9-3-1-2-4-11(9)15(13)14/h1-8,17H/q+1. The van der Waals surface area contributed by atoms with Crippen molar-refractivity contribution in [2.24, 2.45) is 0 Å². The molecule has 1 N–H and O–H groups in total. The summed E-state index contributed by atoms with van der Waals surface area (Å²) >= 11 is 0. The van der Waals surface area contributed by atoms with Crippen LogP contribution < -0.4 is 9.96 Å². The summed E-state index contributed by atoms with van der Waals surface area (Å²) in [5, 5.41) is 2.95. The van der Waals surface area contributed by atoms with E-state index in [2.05, 4.69) is 0 Å². The number of hydrogen-bond donors (Lipinski definition) is 1. The number of para-hydroxylation sites is 1. The molecule has 0 aliphatic heterocycles. The minimum Gasteiger partial charge on any atom is -0.346 e. The molecule has 0 radical (unpaired) electrons. The van der Waals surface area contributed by atoms with E-state index in [-0.39, 0.29) is 5.56 Å². The number of aromatic nitrogens is 1. The van der Waals surface area contributed by atoms with E-state index in [4.69, 9.17) is 0 Å². The van der Waals surface area contributed by atoms with Crippen molar-refractivity contribution in [3.63, 3.8) is 0 Å². The highest BCUT2D eigenvalue weighted by Crippen LogP contribution is 2.36. The van der Waals surface area contributed by atoms with Crippen molar-refractivity contribution in [2.45, 2.75) is 0 Å². The van der Waals surface area contributed by atoms with Gasteiger partial charge < -0.3 is 4.89 Å². The third kappa shape index (κ3) is 1.08. The third-order valence-corrected chi connectivity index (χ3v) is 4.68. The fraction of sp³-hybridized carbons (Fsp3) is 0. The number of nitrogens with zero attached hydrogens (tertiary/aromatic N) is 1. The predicted octanol–water partition coefficient (Wildman–Crippen LogP) is 2.27. The lowest BCUT2D eigenvalue weighted by molar-refractivity contribution is -0.494. The molecule has 4 heteroatoms. The Morgan fingerprint density at radius 2 is 1.83 bits per heavy atom. The molecule has 4 aromatic rings. The van der Waals surface area contributed by atoms with Gasteiger partial charge >= 0.3 is 5.56 Å². The first-order valence-corrected chi connectivity index (χ1v) is 7.03. The molecule has 3 aromatic heterocycles. The normalized spacial score (nSPS) is 12.8. The van der Waals surface area contributed by atoms with E-state index in [0.29, 0.717) is 0 Å². The van der Waals surface area contributed by atoms with Gasteiger partial charge in [-0.2, -0.15) is 0 Å². The van der Waals surface area contributed by atoms with Crippen LogP contribution in [-0.2, 0) is 0 Å². The third-order valence-electron chi connectivity index (χ3n) is 3.39. The zero-order chi connectivity index (χ0) is 12.3. The van der Waals surface area contributed by atoms with Gasteiger partial charge in [0.1, 0.15) is 0 Å². The van der Waals surface area contributed by atoms with Crippen LogP contribution in [0.2, 0.25) is 0 Å². The molecular formula is C14H9NO2P+. The second kappa shape index (κ2) is 3.29. The highest BCUT2D eigenvalue weighted by molar-refractivity contribution is 7.49. The van der Waals surface area contributed by atoms with Gasteiger partial charge in [-0.05, 0) is 24.0 Å². The SMILES string of the molecule is O=c1ccc2c3c(ccp2O)c2ccccc2[n+]13. The van der Waals surface area contributed by atoms with Gasteiger partial charge in [-0.25, -0.2) is 4.79 Å². The van der Waals surface area contributed by atoms with Gasteiger partial charge in [0.15, 0.2) is 0 Å². The Labute approximate surface area is 103 Å². The molecule has 86 valence electrons. The van der Waals surface area contributed by atoms with Gasteiger partial charge in [-0.3, -0.25) is 0 Å². The van der Waals surface area contributed by atoms with Crippen LogP contribution in [0.3, 0.4) is 0 Å². The smallest absolute Gasteiger partial charge is 0.346 e. The van der Waals surface area contributed by atoms with Crippen LogP contribution in [0.1, 0.15) is 0 Å². The Balaban J connectivity index is 2.54. The van der Waals surface area contributed by atoms with Crippen LogP contribution in [-0.4, -0.2) is 4.89 Å². The summed E-state index contributed by atoms with van der Waals surface area (Å²) in [5.41, 5.74) is 1.72. The minimum atomic E-state index is -1.29. The Bertz CT molecular complexity index is 958. The molecule has 0 amide bonds. The Kier molecular flexibility index (Phi) is 1.83. The van der Waals surface area contributed by atoms with Crippen molar-refractivity contribution >= 4 is 34.7 Å². The number of rotatable bonds is 0. The molecule has 0 aliphatic carbocycles. The summed E-state index contributed by atoms with van der Waals surface area (Å²) in [6.45, 7) is 0. The van der Waals surface area contributed by atoms with Crippen LogP contribution >= 0.6 is 7.76 Å². The van der Waals surface area contributed by atoms with E-state index < -0.39 is 7.76 Å². The molecule has 0 aliphatic rings. The van der Waals surface area contributed by atoms with E-state index in [0.717, 1.165) is 26.9 Å². The molecule has 3 nitrogen and oxygen atoms in total. The summed E-state index contributed by atoms with van der Waals surface area (Å²) in [5.74, 6) is 1.82. The summed E-state index contributed by atoms with van der Waals surface area (Å²) in [6, 6.07) is 13.0. The first-order valence-electron chi connectivity index (χ1n) is 5.67. The first-order chi connectivity index (χ1) is 8.77. The van der Waals surface area contributed by atoms with Crippen LogP contribution in [0.5, 0.6) is 0 Å². The van der Waals surface area contributed by atoms with E-state index >= 15 is 0 Å². The Morgan fingerprint density at radius 3 is 2.72 bits per heavy atom. The molecule has 0 saturated carbocycles. The van der Waals surface area contributed by atoms with Crippen molar-refractivity contribution in [1.29, 1.82) is 0 Å². The average molecular weight is 254 g/mol. The number of fused-ring (bicyclic) bond motifs is 3. The fourth-order valence-electron chi connectivity index (χ4n) is 2.63. The molecule has 0 fully saturated rings. The maximum atomic E-state index is 12.1. The van der Waals surface area contributed by atoms with Crippen molar-refractivity contribution in [3.8, 4) is 0 Å². The summed E-state index contributed by atoms with van der Waals surface area (Å²) in [7, 11) is -1.29. The maximum Gasteiger partial charge on any atom is 0.418 e. The van der Waals surface area contributed by atoms with Crippen molar-refractivity contribution in [1.82, 2.24) is 0 Å². The fourth-order valence-corrected chi connectivity index (χ4v) is 3.74. The van der Waals surface area contributed by atoms with Gasteiger partial charge in [0.05, 0.1) is 22.0 Å². The number of hydrogen-bond acceptors (Lipinski definition) is 2. The average Bonchev–Trinajstić information content (AvgIpc) is 2.72. The van der Waals surface area contributed by atoms with E-state index in [1.54, 1.807) is 10.5 Å². The van der Waals surface area contributed by atoms with Crippen molar-refractivity contribution in [2.75, 3.05) is 0 Å². The minimum absolute atomic E-state index is 0.0464. The second-order valence-corrected chi connectivity index (χ2v) is 5.80. The molecule has 0 bridgehead atoms. The monoisotopic (exact) mass is 254 g/mol. The van der Waals surface area contributed by atoms with E-state index in [1.165, 1.54) is 6.07 Å². The Hall–Kier alpha value is -1.96. The first kappa shape index (κ1) is 10.0. The molecule has 3 heterocycles. The maximum absolute atomic E-state index is 12.1. The van der Waals surface area contributed by atoms with Crippen LogP contribution in [0.4, 0.5) is 0 Å². The summed E-state index contributed by atoms with van der Waals surface area (Å²) in [4.78, 5) is 22.1. The molecule has 18 heavy (non-hydrogen) atoms. The highest BCUT2D eigenvalue weighted by atomic mass is 31.1. The predicted molar refractivity (Wildman–Crippen MR) is 72.4 cm³/mol. The molecule has 0 spiro atoms. The number of pyridine rings is 1. The largest absolute Gasteiger partial charge is 0.418 e. The molecule has 1 unspecified atom stereocenters. The second-order valence-electron chi connectivity index (χ2n) is 4.33. The molecule has 1 aromatic carbocycles. The van der Waals surface area contributed by atoms with Crippen molar-refractivity contribution in [3.05, 3.63) is 58.6 Å². The van der Waals surface area contributed by atoms with Gasteiger partial charge in [0.25, 0.3) is 0 Å².